The van der Waals surface area contributed by atoms with Crippen LogP contribution in [0.5, 0.6) is 0 Å². The van der Waals surface area contributed by atoms with Crippen LogP contribution in [0.15, 0.2) is 48.5 Å². The van der Waals surface area contributed by atoms with Crippen molar-refractivity contribution in [1.82, 2.24) is 20.3 Å². The van der Waals surface area contributed by atoms with Gasteiger partial charge in [-0.15, -0.1) is 5.10 Å². The molecule has 0 atom stereocenters. The molecule has 2 aromatic carbocycles. The van der Waals surface area contributed by atoms with Crippen LogP contribution >= 0.6 is 0 Å². The topological polar surface area (TPSA) is 59.8 Å². The molecule has 0 radical (unpaired) electrons. The van der Waals surface area contributed by atoms with E-state index in [1.165, 1.54) is 19.3 Å². The average Bonchev–Trinajstić information content (AvgIpc) is 2.97. The van der Waals surface area contributed by atoms with Crippen molar-refractivity contribution in [2.75, 3.05) is 6.54 Å². The highest BCUT2D eigenvalue weighted by Gasteiger charge is 2.18. The smallest absolute Gasteiger partial charge is 0.251 e. The second-order valence-electron chi connectivity index (χ2n) is 6.44. The van der Waals surface area contributed by atoms with Gasteiger partial charge in [-0.3, -0.25) is 4.79 Å². The predicted molar refractivity (Wildman–Crippen MR) is 92.7 cm³/mol. The number of amides is 1. The summed E-state index contributed by atoms with van der Waals surface area (Å²) in [5.41, 5.74) is 3.71. The number of fused-ring (bicyclic) bond motifs is 1. The second kappa shape index (κ2) is 6.43. The van der Waals surface area contributed by atoms with E-state index in [0.29, 0.717) is 18.0 Å². The normalized spacial score (nSPS) is 14.5. The van der Waals surface area contributed by atoms with Crippen LogP contribution in [0.4, 0.5) is 0 Å². The maximum absolute atomic E-state index is 12.2. The number of benzene rings is 2. The summed E-state index contributed by atoms with van der Waals surface area (Å²) in [5, 5.41) is 11.4. The Morgan fingerprint density at radius 2 is 1.92 bits per heavy atom. The van der Waals surface area contributed by atoms with Crippen LogP contribution in [-0.4, -0.2) is 27.4 Å². The summed E-state index contributed by atoms with van der Waals surface area (Å²) in [6, 6.07) is 15.6. The zero-order valence-electron chi connectivity index (χ0n) is 13.5. The van der Waals surface area contributed by atoms with Gasteiger partial charge in [0.1, 0.15) is 5.52 Å². The lowest BCUT2D eigenvalue weighted by Gasteiger charge is -2.25. The third kappa shape index (κ3) is 3.02. The van der Waals surface area contributed by atoms with Crippen LogP contribution in [0.3, 0.4) is 0 Å². The fourth-order valence-electron chi connectivity index (χ4n) is 3.00. The molecule has 24 heavy (non-hydrogen) atoms. The van der Waals surface area contributed by atoms with Crippen LogP contribution < -0.4 is 5.32 Å². The number of carbonyl (C=O) groups is 1. The summed E-state index contributed by atoms with van der Waals surface area (Å²) in [7, 11) is 0. The Kier molecular flexibility index (Phi) is 3.99. The van der Waals surface area contributed by atoms with Gasteiger partial charge in [-0.05, 0) is 48.6 Å². The lowest BCUT2D eigenvalue weighted by Crippen LogP contribution is -2.32. The molecular formula is C19H20N4O. The van der Waals surface area contributed by atoms with Gasteiger partial charge in [0.25, 0.3) is 5.91 Å². The van der Waals surface area contributed by atoms with E-state index in [4.69, 9.17) is 0 Å². The maximum Gasteiger partial charge on any atom is 0.251 e. The first-order chi connectivity index (χ1) is 11.8. The molecule has 0 bridgehead atoms. The van der Waals surface area contributed by atoms with Gasteiger partial charge >= 0.3 is 0 Å². The Morgan fingerprint density at radius 1 is 1.12 bits per heavy atom. The first kappa shape index (κ1) is 14.9. The largest absolute Gasteiger partial charge is 0.352 e. The van der Waals surface area contributed by atoms with E-state index in [1.807, 2.05) is 53.2 Å². The molecule has 1 heterocycles. The molecule has 4 rings (SSSR count). The number of rotatable bonds is 5. The van der Waals surface area contributed by atoms with E-state index < -0.39 is 0 Å². The van der Waals surface area contributed by atoms with Gasteiger partial charge in [0.15, 0.2) is 0 Å². The van der Waals surface area contributed by atoms with Crippen molar-refractivity contribution in [3.63, 3.8) is 0 Å². The Bertz CT molecular complexity index is 849. The summed E-state index contributed by atoms with van der Waals surface area (Å²) in [6.45, 7) is 1.44. The van der Waals surface area contributed by atoms with Crippen molar-refractivity contribution in [2.45, 2.75) is 25.8 Å². The van der Waals surface area contributed by atoms with Gasteiger partial charge in [0.2, 0.25) is 0 Å². The highest BCUT2D eigenvalue weighted by Crippen LogP contribution is 2.25. The molecule has 0 unspecified atom stereocenters. The number of para-hydroxylation sites is 1. The Labute approximate surface area is 140 Å². The van der Waals surface area contributed by atoms with E-state index in [1.54, 1.807) is 0 Å². The summed E-state index contributed by atoms with van der Waals surface area (Å²) in [6.07, 6.45) is 3.78. The van der Waals surface area contributed by atoms with Crippen molar-refractivity contribution < 1.29 is 4.79 Å². The lowest BCUT2D eigenvalue weighted by molar-refractivity contribution is 0.0939. The van der Waals surface area contributed by atoms with Crippen LogP contribution in [-0.2, 0) is 6.54 Å². The molecule has 0 aliphatic heterocycles. The molecule has 122 valence electrons. The number of nitrogens with zero attached hydrogens (tertiary/aromatic N) is 3. The lowest BCUT2D eigenvalue weighted by atomic mass is 9.85. The molecule has 0 spiro atoms. The van der Waals surface area contributed by atoms with Gasteiger partial charge in [0, 0.05) is 12.1 Å². The highest BCUT2D eigenvalue weighted by molar-refractivity contribution is 5.94. The van der Waals surface area contributed by atoms with E-state index >= 15 is 0 Å². The summed E-state index contributed by atoms with van der Waals surface area (Å²) >= 11 is 0. The van der Waals surface area contributed by atoms with Crippen LogP contribution in [0.2, 0.25) is 0 Å². The van der Waals surface area contributed by atoms with Crippen LogP contribution in [0.1, 0.15) is 35.2 Å². The maximum atomic E-state index is 12.2. The summed E-state index contributed by atoms with van der Waals surface area (Å²) in [4.78, 5) is 12.2. The van der Waals surface area contributed by atoms with E-state index in [9.17, 15) is 4.79 Å². The molecule has 5 heteroatoms. The molecule has 1 aromatic heterocycles. The number of hydrogen-bond donors (Lipinski definition) is 1. The summed E-state index contributed by atoms with van der Waals surface area (Å²) in [5.74, 6) is 0.688. The van der Waals surface area contributed by atoms with Gasteiger partial charge in [0.05, 0.1) is 12.1 Å². The van der Waals surface area contributed by atoms with E-state index in [0.717, 1.165) is 23.1 Å². The van der Waals surface area contributed by atoms with Crippen LogP contribution in [0, 0.1) is 5.92 Å². The van der Waals surface area contributed by atoms with Crippen molar-refractivity contribution in [2.24, 2.45) is 5.92 Å². The van der Waals surface area contributed by atoms with Gasteiger partial charge in [-0.2, -0.15) is 0 Å². The zero-order chi connectivity index (χ0) is 16.4. The molecule has 3 aromatic rings. The summed E-state index contributed by atoms with van der Waals surface area (Å²) < 4.78 is 1.88. The first-order valence-electron chi connectivity index (χ1n) is 8.45. The molecule has 1 saturated carbocycles. The average molecular weight is 320 g/mol. The third-order valence-electron chi connectivity index (χ3n) is 4.74. The number of nitrogens with one attached hydrogen (secondary N) is 1. The monoisotopic (exact) mass is 320 g/mol. The highest BCUT2D eigenvalue weighted by atomic mass is 16.1. The van der Waals surface area contributed by atoms with Crippen molar-refractivity contribution >= 4 is 16.9 Å². The zero-order valence-corrected chi connectivity index (χ0v) is 13.5. The van der Waals surface area contributed by atoms with E-state index in [2.05, 4.69) is 15.6 Å². The molecule has 0 saturated heterocycles. The molecular weight excluding hydrogens is 300 g/mol. The Morgan fingerprint density at radius 3 is 2.67 bits per heavy atom. The SMILES string of the molecule is O=C(NCC1CCC1)c1ccc(Cn2nnc3ccccc32)cc1. The molecule has 1 amide bonds. The quantitative estimate of drug-likeness (QED) is 0.786. The molecule has 1 N–H and O–H groups in total. The fraction of sp³-hybridized carbons (Fsp3) is 0.316. The van der Waals surface area contributed by atoms with Crippen molar-refractivity contribution in [1.29, 1.82) is 0 Å². The minimum Gasteiger partial charge on any atom is -0.352 e. The first-order valence-corrected chi connectivity index (χ1v) is 8.45. The standard InChI is InChI=1S/C19H20N4O/c24-19(20-12-14-4-3-5-14)16-10-8-15(9-11-16)13-23-18-7-2-1-6-17(18)21-22-23/h1-2,6-11,14H,3-5,12-13H2,(H,20,24). The molecule has 1 fully saturated rings. The van der Waals surface area contributed by atoms with Gasteiger partial charge in [-0.1, -0.05) is 35.9 Å². The van der Waals surface area contributed by atoms with Gasteiger partial charge < -0.3 is 5.32 Å². The van der Waals surface area contributed by atoms with Crippen LogP contribution in [0.25, 0.3) is 11.0 Å². The van der Waals surface area contributed by atoms with Crippen molar-refractivity contribution in [3.05, 3.63) is 59.7 Å². The minimum absolute atomic E-state index is 0.0136. The minimum atomic E-state index is 0.0136. The number of aromatic nitrogens is 3. The molecule has 1 aliphatic carbocycles. The van der Waals surface area contributed by atoms with E-state index in [-0.39, 0.29) is 5.91 Å². The van der Waals surface area contributed by atoms with Gasteiger partial charge in [-0.25, -0.2) is 4.68 Å². The molecule has 1 aliphatic rings. The predicted octanol–water partition coefficient (Wildman–Crippen LogP) is 3.01. The fourth-order valence-corrected chi connectivity index (χ4v) is 3.00. The number of carbonyl (C=O) groups excluding carboxylic acids is 1. The van der Waals surface area contributed by atoms with Crippen molar-refractivity contribution in [3.8, 4) is 0 Å². The second-order valence-corrected chi connectivity index (χ2v) is 6.44. The Hall–Kier alpha value is -2.69. The Balaban J connectivity index is 1.42. The number of hydrogen-bond acceptors (Lipinski definition) is 3. The third-order valence-corrected chi connectivity index (χ3v) is 4.74. The molecule has 5 nitrogen and oxygen atoms in total.